The van der Waals surface area contributed by atoms with E-state index in [-0.39, 0.29) is 5.91 Å². The molecular weight excluding hydrogens is 300 g/mol. The summed E-state index contributed by atoms with van der Waals surface area (Å²) in [5, 5.41) is 6.21. The minimum Gasteiger partial charge on any atom is -0.351 e. The van der Waals surface area contributed by atoms with Crippen LogP contribution in [0.5, 0.6) is 0 Å². The van der Waals surface area contributed by atoms with Crippen molar-refractivity contribution in [2.75, 3.05) is 11.9 Å². The summed E-state index contributed by atoms with van der Waals surface area (Å²) in [6.45, 7) is 8.70. The zero-order valence-electron chi connectivity index (χ0n) is 14.9. The third kappa shape index (κ3) is 5.05. The molecule has 5 heteroatoms. The average molecular weight is 326 g/mol. The Morgan fingerprint density at radius 1 is 1.08 bits per heavy atom. The first kappa shape index (κ1) is 17.9. The maximum atomic E-state index is 12.3. The summed E-state index contributed by atoms with van der Waals surface area (Å²) in [5.74, 6) is 1.06. The first-order valence-electron chi connectivity index (χ1n) is 8.47. The van der Waals surface area contributed by atoms with E-state index in [1.54, 1.807) is 13.0 Å². The van der Waals surface area contributed by atoms with Crippen LogP contribution < -0.4 is 10.6 Å². The number of rotatable bonds is 7. The number of aromatic nitrogens is 2. The summed E-state index contributed by atoms with van der Waals surface area (Å²) in [6.07, 6.45) is 3.23. The molecule has 0 radical (unpaired) electrons. The van der Waals surface area contributed by atoms with Crippen molar-refractivity contribution >= 4 is 17.4 Å². The second kappa shape index (κ2) is 8.43. The first-order valence-corrected chi connectivity index (χ1v) is 8.47. The largest absolute Gasteiger partial charge is 0.351 e. The third-order valence-electron chi connectivity index (χ3n) is 3.79. The van der Waals surface area contributed by atoms with Crippen molar-refractivity contribution in [3.05, 3.63) is 46.9 Å². The molecule has 0 atom stereocenters. The molecule has 1 amide bonds. The molecule has 0 bridgehead atoms. The number of benzene rings is 1. The van der Waals surface area contributed by atoms with Crippen LogP contribution >= 0.6 is 0 Å². The van der Waals surface area contributed by atoms with Gasteiger partial charge in [-0.2, -0.15) is 0 Å². The molecule has 0 aliphatic rings. The highest BCUT2D eigenvalue weighted by atomic mass is 16.1. The van der Waals surface area contributed by atoms with E-state index in [9.17, 15) is 4.79 Å². The van der Waals surface area contributed by atoms with Gasteiger partial charge in [-0.1, -0.05) is 31.9 Å². The van der Waals surface area contributed by atoms with Crippen LogP contribution in [0.15, 0.2) is 24.3 Å². The quantitative estimate of drug-likeness (QED) is 0.753. The predicted octanol–water partition coefficient (Wildman–Crippen LogP) is 4.07. The number of anilines is 2. The summed E-state index contributed by atoms with van der Waals surface area (Å²) in [5.41, 5.74) is 3.68. The smallest absolute Gasteiger partial charge is 0.270 e. The lowest BCUT2D eigenvalue weighted by Crippen LogP contribution is -2.25. The zero-order chi connectivity index (χ0) is 17.5. The van der Waals surface area contributed by atoms with Gasteiger partial charge in [-0.25, -0.2) is 9.97 Å². The van der Waals surface area contributed by atoms with E-state index in [0.29, 0.717) is 23.9 Å². The molecule has 1 aromatic carbocycles. The number of aryl methyl sites for hydroxylation is 3. The maximum absolute atomic E-state index is 12.3. The fraction of sp³-hybridized carbons (Fsp3) is 0.421. The van der Waals surface area contributed by atoms with Gasteiger partial charge in [0.15, 0.2) is 0 Å². The summed E-state index contributed by atoms with van der Waals surface area (Å²) in [7, 11) is 0. The highest BCUT2D eigenvalue weighted by Crippen LogP contribution is 2.21. The molecular formula is C19H26N4O. The number of hydrogen-bond acceptors (Lipinski definition) is 4. The van der Waals surface area contributed by atoms with Crippen molar-refractivity contribution in [3.63, 3.8) is 0 Å². The molecule has 1 aromatic heterocycles. The number of carbonyl (C=O) groups excluding carboxylic acids is 1. The molecule has 0 saturated carbocycles. The number of nitrogens with one attached hydrogen (secondary N) is 2. The van der Waals surface area contributed by atoms with Crippen molar-refractivity contribution in [2.24, 2.45) is 0 Å². The average Bonchev–Trinajstić information content (AvgIpc) is 2.54. The number of hydrogen-bond donors (Lipinski definition) is 2. The van der Waals surface area contributed by atoms with Gasteiger partial charge in [-0.05, 0) is 44.4 Å². The standard InChI is InChI=1S/C19H26N4O/c1-5-6-7-10-20-19(24)17-12-18(22-15(4)21-17)23-16-11-13(2)8-9-14(16)3/h8-9,11-12H,5-7,10H2,1-4H3,(H,20,24)(H,21,22,23). The van der Waals surface area contributed by atoms with E-state index in [4.69, 9.17) is 0 Å². The van der Waals surface area contributed by atoms with Gasteiger partial charge in [0, 0.05) is 18.3 Å². The van der Waals surface area contributed by atoms with Crippen LogP contribution in [0.3, 0.4) is 0 Å². The van der Waals surface area contributed by atoms with Crippen LogP contribution in [0, 0.1) is 20.8 Å². The van der Waals surface area contributed by atoms with Gasteiger partial charge in [0.25, 0.3) is 5.91 Å². The molecule has 2 rings (SSSR count). The lowest BCUT2D eigenvalue weighted by atomic mass is 10.1. The Morgan fingerprint density at radius 3 is 2.62 bits per heavy atom. The molecule has 0 spiro atoms. The van der Waals surface area contributed by atoms with Gasteiger partial charge >= 0.3 is 0 Å². The zero-order valence-corrected chi connectivity index (χ0v) is 14.9. The first-order chi connectivity index (χ1) is 11.5. The Hall–Kier alpha value is -2.43. The van der Waals surface area contributed by atoms with E-state index in [2.05, 4.69) is 45.7 Å². The topological polar surface area (TPSA) is 66.9 Å². The fourth-order valence-electron chi connectivity index (χ4n) is 2.42. The minimum atomic E-state index is -0.152. The van der Waals surface area contributed by atoms with Crippen LogP contribution in [0.4, 0.5) is 11.5 Å². The second-order valence-electron chi connectivity index (χ2n) is 6.09. The number of amides is 1. The molecule has 0 unspecified atom stereocenters. The molecule has 2 N–H and O–H groups in total. The molecule has 1 heterocycles. The summed E-state index contributed by atoms with van der Waals surface area (Å²) < 4.78 is 0. The minimum absolute atomic E-state index is 0.152. The molecule has 5 nitrogen and oxygen atoms in total. The summed E-state index contributed by atoms with van der Waals surface area (Å²) in [6, 6.07) is 7.90. The predicted molar refractivity (Wildman–Crippen MR) is 97.8 cm³/mol. The molecule has 2 aromatic rings. The van der Waals surface area contributed by atoms with E-state index < -0.39 is 0 Å². The van der Waals surface area contributed by atoms with E-state index in [1.165, 1.54) is 5.56 Å². The Bertz CT molecular complexity index is 713. The fourth-order valence-corrected chi connectivity index (χ4v) is 2.42. The molecule has 0 aliphatic heterocycles. The SMILES string of the molecule is CCCCCNC(=O)c1cc(Nc2cc(C)ccc2C)nc(C)n1. The van der Waals surface area contributed by atoms with Gasteiger partial charge in [0.1, 0.15) is 17.3 Å². The van der Waals surface area contributed by atoms with E-state index in [0.717, 1.165) is 30.5 Å². The normalized spacial score (nSPS) is 10.5. The third-order valence-corrected chi connectivity index (χ3v) is 3.79. The lowest BCUT2D eigenvalue weighted by molar-refractivity contribution is 0.0947. The highest BCUT2D eigenvalue weighted by Gasteiger charge is 2.11. The van der Waals surface area contributed by atoms with Gasteiger partial charge in [0.2, 0.25) is 0 Å². The monoisotopic (exact) mass is 326 g/mol. The summed E-state index contributed by atoms with van der Waals surface area (Å²) >= 11 is 0. The molecule has 24 heavy (non-hydrogen) atoms. The van der Waals surface area contributed by atoms with Crippen molar-refractivity contribution in [1.29, 1.82) is 0 Å². The highest BCUT2D eigenvalue weighted by molar-refractivity contribution is 5.93. The molecule has 0 saturated heterocycles. The Kier molecular flexibility index (Phi) is 6.29. The van der Waals surface area contributed by atoms with Gasteiger partial charge in [-0.15, -0.1) is 0 Å². The van der Waals surface area contributed by atoms with Crippen molar-refractivity contribution in [3.8, 4) is 0 Å². The van der Waals surface area contributed by atoms with Crippen LogP contribution in [0.2, 0.25) is 0 Å². The van der Waals surface area contributed by atoms with Crippen molar-refractivity contribution in [2.45, 2.75) is 47.0 Å². The van der Waals surface area contributed by atoms with Crippen molar-refractivity contribution in [1.82, 2.24) is 15.3 Å². The number of unbranched alkanes of at least 4 members (excludes halogenated alkanes) is 2. The van der Waals surface area contributed by atoms with Crippen LogP contribution in [0.1, 0.15) is 53.6 Å². The molecule has 128 valence electrons. The van der Waals surface area contributed by atoms with Crippen LogP contribution in [-0.2, 0) is 0 Å². The number of nitrogens with zero attached hydrogens (tertiary/aromatic N) is 2. The Labute approximate surface area is 143 Å². The summed E-state index contributed by atoms with van der Waals surface area (Å²) in [4.78, 5) is 20.9. The lowest BCUT2D eigenvalue weighted by Gasteiger charge is -2.11. The van der Waals surface area contributed by atoms with Gasteiger partial charge in [0.05, 0.1) is 0 Å². The maximum Gasteiger partial charge on any atom is 0.270 e. The van der Waals surface area contributed by atoms with E-state index in [1.807, 2.05) is 13.8 Å². The van der Waals surface area contributed by atoms with Gasteiger partial charge in [-0.3, -0.25) is 4.79 Å². The number of carbonyl (C=O) groups is 1. The second-order valence-corrected chi connectivity index (χ2v) is 6.09. The van der Waals surface area contributed by atoms with Crippen molar-refractivity contribution < 1.29 is 4.79 Å². The molecule has 0 aliphatic carbocycles. The van der Waals surface area contributed by atoms with Gasteiger partial charge < -0.3 is 10.6 Å². The van der Waals surface area contributed by atoms with Crippen LogP contribution in [0.25, 0.3) is 0 Å². The van der Waals surface area contributed by atoms with Crippen LogP contribution in [-0.4, -0.2) is 22.4 Å². The Balaban J connectivity index is 2.13. The van der Waals surface area contributed by atoms with E-state index >= 15 is 0 Å². The molecule has 0 fully saturated rings. The Morgan fingerprint density at radius 2 is 1.88 bits per heavy atom.